The Morgan fingerprint density at radius 2 is 1.69 bits per heavy atom. The molecule has 6 nitrogen and oxygen atoms in total. The van der Waals surface area contributed by atoms with Crippen LogP contribution in [0.2, 0.25) is 0 Å². The molecule has 35 heavy (non-hydrogen) atoms. The first kappa shape index (κ1) is 25.0. The second kappa shape index (κ2) is 9.16. The molecule has 0 spiro atoms. The van der Waals surface area contributed by atoms with Gasteiger partial charge in [-0.1, -0.05) is 56.9 Å². The zero-order valence-electron chi connectivity index (χ0n) is 21.4. The van der Waals surface area contributed by atoms with Crippen molar-refractivity contribution in [2.24, 2.45) is 5.41 Å². The summed E-state index contributed by atoms with van der Waals surface area (Å²) in [5, 5.41) is 23.2. The Morgan fingerprint density at radius 3 is 2.26 bits per heavy atom. The molecule has 2 aromatic heterocycles. The van der Waals surface area contributed by atoms with Gasteiger partial charge in [-0.3, -0.25) is 15.0 Å². The summed E-state index contributed by atoms with van der Waals surface area (Å²) in [7, 11) is 2.06. The maximum absolute atomic E-state index is 12.4. The van der Waals surface area contributed by atoms with Crippen molar-refractivity contribution in [3.8, 4) is 11.8 Å². The summed E-state index contributed by atoms with van der Waals surface area (Å²) in [5.74, 6) is 6.34. The average molecular weight is 471 g/mol. The molecule has 2 N–H and O–H groups in total. The van der Waals surface area contributed by atoms with Gasteiger partial charge in [0.2, 0.25) is 0 Å². The molecule has 1 aliphatic rings. The molecule has 2 atom stereocenters. The van der Waals surface area contributed by atoms with Crippen LogP contribution in [0.25, 0.3) is 0 Å². The van der Waals surface area contributed by atoms with E-state index in [4.69, 9.17) is 0 Å². The van der Waals surface area contributed by atoms with Crippen molar-refractivity contribution in [2.75, 3.05) is 20.1 Å². The molecule has 2 unspecified atom stereocenters. The maximum Gasteiger partial charge on any atom is 0.166 e. The zero-order valence-corrected chi connectivity index (χ0v) is 21.4. The minimum atomic E-state index is -1.47. The number of aromatic nitrogens is 3. The Bertz CT molecular complexity index is 1250. The zero-order chi connectivity index (χ0) is 25.4. The molecular formula is C29H34N4O2. The number of benzene rings is 1. The Labute approximate surface area is 208 Å². The molecule has 3 aromatic rings. The van der Waals surface area contributed by atoms with E-state index in [1.807, 2.05) is 25.1 Å². The van der Waals surface area contributed by atoms with E-state index in [0.717, 1.165) is 24.3 Å². The number of hydrogen-bond acceptors (Lipinski definition) is 6. The number of hydrogen-bond donors (Lipinski definition) is 2. The van der Waals surface area contributed by atoms with Gasteiger partial charge < -0.3 is 15.1 Å². The Morgan fingerprint density at radius 1 is 1.00 bits per heavy atom. The summed E-state index contributed by atoms with van der Waals surface area (Å²) >= 11 is 0. The van der Waals surface area contributed by atoms with E-state index in [2.05, 4.69) is 71.6 Å². The highest BCUT2D eigenvalue weighted by Crippen LogP contribution is 2.50. The van der Waals surface area contributed by atoms with E-state index in [1.54, 1.807) is 25.5 Å². The fourth-order valence-corrected chi connectivity index (χ4v) is 4.95. The lowest BCUT2D eigenvalue weighted by atomic mass is 9.62. The smallest absolute Gasteiger partial charge is 0.166 e. The molecular weight excluding hydrogens is 436 g/mol. The monoisotopic (exact) mass is 470 g/mol. The number of likely N-dealkylation sites (tertiary alicyclic amines) is 1. The predicted octanol–water partition coefficient (Wildman–Crippen LogP) is 3.75. The highest BCUT2D eigenvalue weighted by atomic mass is 16.3. The van der Waals surface area contributed by atoms with Gasteiger partial charge in [0.05, 0.1) is 11.9 Å². The standard InChI is InChI=1S/C29H34N4O2/c1-20(2)23-7-9-24(10-8-23)29(35,27(4)18-33(6)19-27)25-13-22(15-30-16-25)11-12-28(5,34)26-17-31-21(3)14-32-26/h7-10,13-17,20,34-35H,18-19H2,1-6H3. The van der Waals surface area contributed by atoms with Crippen molar-refractivity contribution in [1.82, 2.24) is 19.9 Å². The molecule has 0 saturated carbocycles. The highest BCUT2D eigenvalue weighted by Gasteiger charge is 2.55. The van der Waals surface area contributed by atoms with Crippen LogP contribution in [0.5, 0.6) is 0 Å². The molecule has 182 valence electrons. The summed E-state index contributed by atoms with van der Waals surface area (Å²) in [6.45, 7) is 11.4. The van der Waals surface area contributed by atoms with E-state index in [-0.39, 0.29) is 0 Å². The molecule has 1 aliphatic heterocycles. The van der Waals surface area contributed by atoms with Crippen molar-refractivity contribution in [1.29, 1.82) is 0 Å². The maximum atomic E-state index is 12.4. The second-order valence-corrected chi connectivity index (χ2v) is 10.5. The average Bonchev–Trinajstić information content (AvgIpc) is 2.82. The SMILES string of the molecule is Cc1cnc(C(C)(O)C#Cc2cncc(C(O)(c3ccc(C(C)C)cc3)C3(C)CN(C)C3)c2)cn1. The quantitative estimate of drug-likeness (QED) is 0.553. The lowest BCUT2D eigenvalue weighted by molar-refractivity contribution is -0.127. The molecule has 4 rings (SSSR count). The predicted molar refractivity (Wildman–Crippen MR) is 137 cm³/mol. The third kappa shape index (κ3) is 4.72. The lowest BCUT2D eigenvalue weighted by Gasteiger charge is -2.55. The van der Waals surface area contributed by atoms with Crippen molar-refractivity contribution < 1.29 is 10.2 Å². The fourth-order valence-electron chi connectivity index (χ4n) is 4.95. The van der Waals surface area contributed by atoms with Crippen molar-refractivity contribution >= 4 is 0 Å². The lowest BCUT2D eigenvalue weighted by Crippen LogP contribution is -2.63. The Balaban J connectivity index is 1.74. The molecule has 1 fully saturated rings. The number of aliphatic hydroxyl groups is 2. The van der Waals surface area contributed by atoms with Crippen LogP contribution >= 0.6 is 0 Å². The van der Waals surface area contributed by atoms with E-state index in [1.165, 1.54) is 11.8 Å². The van der Waals surface area contributed by atoms with Crippen LogP contribution in [-0.4, -0.2) is 50.2 Å². The number of nitrogens with zero attached hydrogens (tertiary/aromatic N) is 4. The van der Waals surface area contributed by atoms with Gasteiger partial charge in [0.15, 0.2) is 5.60 Å². The van der Waals surface area contributed by atoms with Crippen LogP contribution < -0.4 is 0 Å². The topological polar surface area (TPSA) is 82.4 Å². The minimum absolute atomic E-state index is 0.381. The third-order valence-electron chi connectivity index (χ3n) is 6.99. The second-order valence-electron chi connectivity index (χ2n) is 10.5. The number of rotatable bonds is 5. The third-order valence-corrected chi connectivity index (χ3v) is 6.99. The van der Waals surface area contributed by atoms with Crippen LogP contribution in [0.1, 0.15) is 67.3 Å². The fraction of sp³-hybridized carbons (Fsp3) is 0.414. The van der Waals surface area contributed by atoms with Crippen molar-refractivity contribution in [3.63, 3.8) is 0 Å². The largest absolute Gasteiger partial charge is 0.380 e. The van der Waals surface area contributed by atoms with Gasteiger partial charge >= 0.3 is 0 Å². The van der Waals surface area contributed by atoms with E-state index in [9.17, 15) is 10.2 Å². The molecule has 0 amide bonds. The Kier molecular flexibility index (Phi) is 6.54. The van der Waals surface area contributed by atoms with Crippen LogP contribution in [0, 0.1) is 24.2 Å². The summed E-state index contributed by atoms with van der Waals surface area (Å²) < 4.78 is 0. The molecule has 0 bridgehead atoms. The first-order valence-corrected chi connectivity index (χ1v) is 12.0. The first-order valence-electron chi connectivity index (χ1n) is 12.0. The number of pyridine rings is 1. The van der Waals surface area contributed by atoms with Crippen LogP contribution in [0.3, 0.4) is 0 Å². The van der Waals surface area contributed by atoms with Gasteiger partial charge in [-0.15, -0.1) is 0 Å². The van der Waals surface area contributed by atoms with Gasteiger partial charge in [0.1, 0.15) is 11.3 Å². The van der Waals surface area contributed by atoms with Gasteiger partial charge in [-0.25, -0.2) is 0 Å². The molecule has 1 aromatic carbocycles. The van der Waals surface area contributed by atoms with Crippen LogP contribution in [0.15, 0.2) is 55.1 Å². The molecule has 0 radical (unpaired) electrons. The normalized spacial score (nSPS) is 18.7. The summed E-state index contributed by atoms with van der Waals surface area (Å²) in [5.41, 5.74) is 1.41. The van der Waals surface area contributed by atoms with Crippen LogP contribution in [0.4, 0.5) is 0 Å². The van der Waals surface area contributed by atoms with Crippen LogP contribution in [-0.2, 0) is 11.2 Å². The highest BCUT2D eigenvalue weighted by molar-refractivity contribution is 5.45. The van der Waals surface area contributed by atoms with Gasteiger partial charge in [0, 0.05) is 48.2 Å². The first-order chi connectivity index (χ1) is 16.4. The summed E-state index contributed by atoms with van der Waals surface area (Å²) in [4.78, 5) is 15.1. The molecule has 3 heterocycles. The number of aryl methyl sites for hydroxylation is 1. The molecule has 6 heteroatoms. The van der Waals surface area contributed by atoms with Gasteiger partial charge in [-0.2, -0.15) is 0 Å². The molecule has 0 aliphatic carbocycles. The summed E-state index contributed by atoms with van der Waals surface area (Å²) in [6, 6.07) is 10.1. The van der Waals surface area contributed by atoms with E-state index >= 15 is 0 Å². The Hall–Kier alpha value is -3.11. The van der Waals surface area contributed by atoms with E-state index in [0.29, 0.717) is 22.7 Å². The van der Waals surface area contributed by atoms with Crippen molar-refractivity contribution in [2.45, 2.75) is 51.7 Å². The molecule has 1 saturated heterocycles. The van der Waals surface area contributed by atoms with Crippen molar-refractivity contribution in [3.05, 3.63) is 88.8 Å². The minimum Gasteiger partial charge on any atom is -0.380 e. The van der Waals surface area contributed by atoms with Gasteiger partial charge in [-0.05, 0) is 44.0 Å². The summed E-state index contributed by atoms with van der Waals surface area (Å²) in [6.07, 6.45) is 6.50. The van der Waals surface area contributed by atoms with E-state index < -0.39 is 16.6 Å². The van der Waals surface area contributed by atoms with Gasteiger partial charge in [0.25, 0.3) is 0 Å².